The molecule has 1 unspecified atom stereocenters. The van der Waals surface area contributed by atoms with Crippen LogP contribution in [0.2, 0.25) is 0 Å². The van der Waals surface area contributed by atoms with E-state index in [4.69, 9.17) is 0 Å². The van der Waals surface area contributed by atoms with Gasteiger partial charge < -0.3 is 4.90 Å². The lowest BCUT2D eigenvalue weighted by Crippen LogP contribution is -2.31. The SMILES string of the molecule is CN(CC1CCCCC1)CC(CBr)c1ccccc1. The van der Waals surface area contributed by atoms with Crippen LogP contribution < -0.4 is 0 Å². The number of alkyl halides is 1. The molecule has 2 heteroatoms. The van der Waals surface area contributed by atoms with E-state index in [-0.39, 0.29) is 0 Å². The quantitative estimate of drug-likeness (QED) is 0.687. The first kappa shape index (κ1) is 15.1. The van der Waals surface area contributed by atoms with Crippen LogP contribution in [0.3, 0.4) is 0 Å². The highest BCUT2D eigenvalue weighted by molar-refractivity contribution is 9.09. The van der Waals surface area contributed by atoms with Gasteiger partial charge in [0.05, 0.1) is 0 Å². The molecule has 19 heavy (non-hydrogen) atoms. The standard InChI is InChI=1S/C17H26BrN/c1-19(13-15-8-4-2-5-9-15)14-17(12-18)16-10-6-3-7-11-16/h3,6-7,10-11,15,17H,2,4-5,8-9,12-14H2,1H3. The second kappa shape index (κ2) is 8.06. The molecule has 1 saturated carbocycles. The monoisotopic (exact) mass is 323 g/mol. The molecule has 0 spiro atoms. The number of hydrogen-bond donors (Lipinski definition) is 0. The highest BCUT2D eigenvalue weighted by atomic mass is 79.9. The smallest absolute Gasteiger partial charge is 0.0112 e. The summed E-state index contributed by atoms with van der Waals surface area (Å²) in [6.45, 7) is 2.43. The van der Waals surface area contributed by atoms with Crippen molar-refractivity contribution in [3.63, 3.8) is 0 Å². The van der Waals surface area contributed by atoms with Crippen molar-refractivity contribution in [2.24, 2.45) is 5.92 Å². The fourth-order valence-corrected chi connectivity index (χ4v) is 3.81. The molecule has 106 valence electrons. The van der Waals surface area contributed by atoms with Crippen molar-refractivity contribution >= 4 is 15.9 Å². The second-order valence-electron chi connectivity index (χ2n) is 5.99. The van der Waals surface area contributed by atoms with Gasteiger partial charge in [-0.25, -0.2) is 0 Å². The van der Waals surface area contributed by atoms with E-state index in [9.17, 15) is 0 Å². The van der Waals surface area contributed by atoms with E-state index < -0.39 is 0 Å². The van der Waals surface area contributed by atoms with Crippen molar-refractivity contribution in [1.29, 1.82) is 0 Å². The first-order valence-corrected chi connectivity index (χ1v) is 8.71. The second-order valence-corrected chi connectivity index (χ2v) is 6.63. The highest BCUT2D eigenvalue weighted by Crippen LogP contribution is 2.25. The molecule has 0 aromatic heterocycles. The van der Waals surface area contributed by atoms with E-state index in [2.05, 4.69) is 58.2 Å². The summed E-state index contributed by atoms with van der Waals surface area (Å²) < 4.78 is 0. The lowest BCUT2D eigenvalue weighted by molar-refractivity contribution is 0.227. The average molecular weight is 324 g/mol. The molecule has 0 saturated heterocycles. The van der Waals surface area contributed by atoms with Crippen LogP contribution in [0.4, 0.5) is 0 Å². The van der Waals surface area contributed by atoms with Crippen molar-refractivity contribution in [1.82, 2.24) is 4.90 Å². The molecule has 1 fully saturated rings. The highest BCUT2D eigenvalue weighted by Gasteiger charge is 2.18. The van der Waals surface area contributed by atoms with Gasteiger partial charge in [-0.3, -0.25) is 0 Å². The van der Waals surface area contributed by atoms with Gasteiger partial charge in [-0.2, -0.15) is 0 Å². The topological polar surface area (TPSA) is 3.24 Å². The van der Waals surface area contributed by atoms with Gasteiger partial charge >= 0.3 is 0 Å². The maximum atomic E-state index is 3.68. The van der Waals surface area contributed by atoms with Gasteiger partial charge in [-0.05, 0) is 31.4 Å². The minimum atomic E-state index is 0.606. The number of nitrogens with zero attached hydrogens (tertiary/aromatic N) is 1. The van der Waals surface area contributed by atoms with Crippen molar-refractivity contribution in [2.45, 2.75) is 38.0 Å². The van der Waals surface area contributed by atoms with Gasteiger partial charge in [-0.1, -0.05) is 65.5 Å². The Hall–Kier alpha value is -0.340. The van der Waals surface area contributed by atoms with Crippen molar-refractivity contribution < 1.29 is 0 Å². The van der Waals surface area contributed by atoms with E-state index in [1.165, 1.54) is 44.2 Å². The summed E-state index contributed by atoms with van der Waals surface area (Å²) in [6.07, 6.45) is 7.22. The molecule has 1 aromatic carbocycles. The molecular weight excluding hydrogens is 298 g/mol. The van der Waals surface area contributed by atoms with Crippen molar-refractivity contribution in [3.05, 3.63) is 35.9 Å². The van der Waals surface area contributed by atoms with Crippen LogP contribution in [0, 0.1) is 5.92 Å². The third-order valence-electron chi connectivity index (χ3n) is 4.28. The van der Waals surface area contributed by atoms with Gasteiger partial charge in [-0.15, -0.1) is 0 Å². The summed E-state index contributed by atoms with van der Waals surface area (Å²) in [5.74, 6) is 1.54. The number of benzene rings is 1. The Bertz CT molecular complexity index is 346. The first-order valence-electron chi connectivity index (χ1n) is 7.59. The third-order valence-corrected chi connectivity index (χ3v) is 5.07. The third kappa shape index (κ3) is 4.92. The van der Waals surface area contributed by atoms with Crippen LogP contribution in [0.15, 0.2) is 30.3 Å². The summed E-state index contributed by atoms with van der Waals surface area (Å²) in [6, 6.07) is 10.9. The predicted octanol–water partition coefficient (Wildman–Crippen LogP) is 4.68. The summed E-state index contributed by atoms with van der Waals surface area (Å²) in [4.78, 5) is 2.54. The number of halogens is 1. The zero-order valence-electron chi connectivity index (χ0n) is 12.0. The zero-order chi connectivity index (χ0) is 13.5. The molecule has 1 atom stereocenters. The number of hydrogen-bond acceptors (Lipinski definition) is 1. The van der Waals surface area contributed by atoms with E-state index in [1.807, 2.05) is 0 Å². The molecule has 0 amide bonds. The van der Waals surface area contributed by atoms with Gasteiger partial charge in [0.2, 0.25) is 0 Å². The van der Waals surface area contributed by atoms with Gasteiger partial charge in [0.15, 0.2) is 0 Å². The van der Waals surface area contributed by atoms with Crippen LogP contribution in [0.1, 0.15) is 43.6 Å². The zero-order valence-corrected chi connectivity index (χ0v) is 13.6. The Balaban J connectivity index is 1.84. The molecule has 0 N–H and O–H groups in total. The molecule has 1 aromatic rings. The Labute approximate surface area is 126 Å². The lowest BCUT2D eigenvalue weighted by atomic mass is 9.89. The normalized spacial score (nSPS) is 18.7. The van der Waals surface area contributed by atoms with Gasteiger partial charge in [0.1, 0.15) is 0 Å². The molecule has 1 aliphatic carbocycles. The Morgan fingerprint density at radius 1 is 1.16 bits per heavy atom. The fraction of sp³-hybridized carbons (Fsp3) is 0.647. The van der Waals surface area contributed by atoms with Crippen LogP contribution in [0.5, 0.6) is 0 Å². The molecule has 0 aliphatic heterocycles. The largest absolute Gasteiger partial charge is 0.305 e. The summed E-state index contributed by atoms with van der Waals surface area (Å²) in [5.41, 5.74) is 1.45. The summed E-state index contributed by atoms with van der Waals surface area (Å²) in [5, 5.41) is 1.05. The summed E-state index contributed by atoms with van der Waals surface area (Å²) >= 11 is 3.68. The van der Waals surface area contributed by atoms with Crippen LogP contribution in [0.25, 0.3) is 0 Å². The molecule has 1 aliphatic rings. The molecule has 2 rings (SSSR count). The van der Waals surface area contributed by atoms with Gasteiger partial charge in [0, 0.05) is 24.3 Å². The van der Waals surface area contributed by atoms with Crippen LogP contribution >= 0.6 is 15.9 Å². The molecule has 0 heterocycles. The Morgan fingerprint density at radius 3 is 2.47 bits per heavy atom. The van der Waals surface area contributed by atoms with Crippen molar-refractivity contribution in [2.75, 3.05) is 25.5 Å². The van der Waals surface area contributed by atoms with E-state index in [1.54, 1.807) is 0 Å². The van der Waals surface area contributed by atoms with Crippen LogP contribution in [-0.2, 0) is 0 Å². The number of likely N-dealkylation sites (N-methyl/N-ethyl adjacent to an activating group) is 1. The minimum Gasteiger partial charge on any atom is -0.305 e. The fourth-order valence-electron chi connectivity index (χ4n) is 3.23. The number of rotatable bonds is 6. The molecular formula is C17H26BrN. The van der Waals surface area contributed by atoms with Gasteiger partial charge in [0.25, 0.3) is 0 Å². The average Bonchev–Trinajstić information content (AvgIpc) is 2.47. The molecule has 0 radical (unpaired) electrons. The molecule has 1 nitrogen and oxygen atoms in total. The minimum absolute atomic E-state index is 0.606. The Kier molecular flexibility index (Phi) is 6.39. The van der Waals surface area contributed by atoms with E-state index in [0.29, 0.717) is 5.92 Å². The van der Waals surface area contributed by atoms with E-state index in [0.717, 1.165) is 17.8 Å². The van der Waals surface area contributed by atoms with E-state index >= 15 is 0 Å². The maximum absolute atomic E-state index is 3.68. The Morgan fingerprint density at radius 2 is 1.84 bits per heavy atom. The summed E-state index contributed by atoms with van der Waals surface area (Å²) in [7, 11) is 2.28. The van der Waals surface area contributed by atoms with Crippen molar-refractivity contribution in [3.8, 4) is 0 Å². The maximum Gasteiger partial charge on any atom is 0.0112 e. The molecule has 0 bridgehead atoms. The lowest BCUT2D eigenvalue weighted by Gasteiger charge is -2.29. The van der Waals surface area contributed by atoms with Crippen LogP contribution in [-0.4, -0.2) is 30.4 Å². The predicted molar refractivity (Wildman–Crippen MR) is 87.0 cm³/mol. The first-order chi connectivity index (χ1) is 9.29.